The van der Waals surface area contributed by atoms with Crippen LogP contribution in [0.2, 0.25) is 0 Å². The zero-order chi connectivity index (χ0) is 13.2. The zero-order valence-electron chi connectivity index (χ0n) is 10.5. The summed E-state index contributed by atoms with van der Waals surface area (Å²) in [7, 11) is -3.16. The molecule has 0 aromatic carbocycles. The summed E-state index contributed by atoms with van der Waals surface area (Å²) < 4.78 is 23.3. The van der Waals surface area contributed by atoms with Crippen molar-refractivity contribution in [3.8, 4) is 0 Å². The van der Waals surface area contributed by atoms with E-state index in [4.69, 9.17) is 20.6 Å². The Morgan fingerprint density at radius 3 is 3.17 bits per heavy atom. The molecule has 0 amide bonds. The van der Waals surface area contributed by atoms with Crippen LogP contribution in [0.15, 0.2) is 10.8 Å². The molecule has 3 nitrogen and oxygen atoms in total. The van der Waals surface area contributed by atoms with Crippen LogP contribution in [0.5, 0.6) is 0 Å². The highest BCUT2D eigenvalue weighted by Crippen LogP contribution is 2.62. The molecule has 104 valence electrons. The van der Waals surface area contributed by atoms with Crippen LogP contribution < -0.4 is 0 Å². The second-order valence-electron chi connectivity index (χ2n) is 4.91. The van der Waals surface area contributed by atoms with Crippen LogP contribution in [0.1, 0.15) is 45.4 Å². The van der Waals surface area contributed by atoms with Gasteiger partial charge in [0.1, 0.15) is 0 Å². The molecule has 2 aliphatic rings. The largest absolute Gasteiger partial charge is 0.355 e. The summed E-state index contributed by atoms with van der Waals surface area (Å²) in [5, 5.41) is 0.582. The first kappa shape index (κ1) is 15.1. The molecular weight excluding hydrogens is 338 g/mol. The van der Waals surface area contributed by atoms with Crippen molar-refractivity contribution < 1.29 is 13.6 Å². The highest BCUT2D eigenvalue weighted by atomic mass is 79.9. The van der Waals surface area contributed by atoms with Crippen molar-refractivity contribution in [2.24, 2.45) is 0 Å². The van der Waals surface area contributed by atoms with Gasteiger partial charge in [0.25, 0.3) is 0 Å². The van der Waals surface area contributed by atoms with Gasteiger partial charge in [-0.3, -0.25) is 4.57 Å². The average molecular weight is 358 g/mol. The summed E-state index contributed by atoms with van der Waals surface area (Å²) in [4.78, 5) is 0. The quantitative estimate of drug-likeness (QED) is 0.395. The molecule has 0 N–H and O–H groups in total. The Labute approximate surface area is 122 Å². The lowest BCUT2D eigenvalue weighted by Gasteiger charge is -2.43. The smallest absolute Gasteiger partial charge is 0.306 e. The van der Waals surface area contributed by atoms with Crippen LogP contribution in [0.25, 0.3) is 0 Å². The number of rotatable bonds is 4. The molecule has 1 aliphatic heterocycles. The Morgan fingerprint density at radius 2 is 2.44 bits per heavy atom. The predicted octanol–water partition coefficient (Wildman–Crippen LogP) is 5.18. The maximum Gasteiger partial charge on any atom is 0.355 e. The fourth-order valence-corrected chi connectivity index (χ4v) is 5.71. The van der Waals surface area contributed by atoms with Gasteiger partial charge in [-0.05, 0) is 19.3 Å². The molecule has 0 spiro atoms. The van der Waals surface area contributed by atoms with Crippen molar-refractivity contribution in [3.05, 3.63) is 10.8 Å². The Hall–Kier alpha value is 0.660. The van der Waals surface area contributed by atoms with Gasteiger partial charge in [0.15, 0.2) is 0 Å². The Morgan fingerprint density at radius 1 is 1.67 bits per heavy atom. The van der Waals surface area contributed by atoms with E-state index >= 15 is 0 Å². The Balaban J connectivity index is 2.14. The van der Waals surface area contributed by atoms with Crippen LogP contribution in [0.3, 0.4) is 0 Å². The third-order valence-corrected chi connectivity index (χ3v) is 7.31. The van der Waals surface area contributed by atoms with Crippen molar-refractivity contribution in [2.45, 2.75) is 55.9 Å². The van der Waals surface area contributed by atoms with Gasteiger partial charge in [-0.2, -0.15) is 0 Å². The van der Waals surface area contributed by atoms with Crippen LogP contribution in [0, 0.1) is 0 Å². The molecule has 3 unspecified atom stereocenters. The zero-order valence-corrected chi connectivity index (χ0v) is 13.8. The average Bonchev–Trinajstić information content (AvgIpc) is 2.31. The normalized spacial score (nSPS) is 40.2. The van der Waals surface area contributed by atoms with Crippen molar-refractivity contribution in [1.82, 2.24) is 0 Å². The fourth-order valence-electron chi connectivity index (χ4n) is 2.37. The molecule has 1 fully saturated rings. The summed E-state index contributed by atoms with van der Waals surface area (Å²) in [6.45, 7) is 2.52. The molecule has 1 heterocycles. The van der Waals surface area contributed by atoms with Gasteiger partial charge in [0, 0.05) is 10.8 Å². The van der Waals surface area contributed by atoms with Crippen molar-refractivity contribution in [3.63, 3.8) is 0 Å². The molecule has 18 heavy (non-hydrogen) atoms. The second kappa shape index (κ2) is 5.97. The molecule has 0 saturated heterocycles. The highest BCUT2D eigenvalue weighted by molar-refractivity contribution is 9.10. The molecule has 0 aromatic rings. The predicted molar refractivity (Wildman–Crippen MR) is 77.4 cm³/mol. The number of unbranched alkanes of at least 4 members (excludes halogenated alkanes) is 1. The first-order valence-corrected chi connectivity index (χ1v) is 9.29. The third kappa shape index (κ3) is 3.04. The van der Waals surface area contributed by atoms with E-state index in [0.29, 0.717) is 11.6 Å². The van der Waals surface area contributed by atoms with Crippen molar-refractivity contribution in [2.75, 3.05) is 6.61 Å². The van der Waals surface area contributed by atoms with Gasteiger partial charge in [-0.15, -0.1) is 0 Å². The van der Waals surface area contributed by atoms with Crippen LogP contribution >= 0.6 is 35.1 Å². The lowest BCUT2D eigenvalue weighted by molar-refractivity contribution is 0.100. The van der Waals surface area contributed by atoms with Gasteiger partial charge in [0.2, 0.25) is 0 Å². The first-order valence-electron chi connectivity index (χ1n) is 6.50. The third-order valence-electron chi connectivity index (χ3n) is 3.48. The lowest BCUT2D eigenvalue weighted by atomic mass is 9.86. The molecule has 1 saturated carbocycles. The molecule has 1 aliphatic carbocycles. The summed E-state index contributed by atoms with van der Waals surface area (Å²) in [5.41, 5.74) is 0. The van der Waals surface area contributed by atoms with E-state index in [2.05, 4.69) is 22.9 Å². The number of fused-ring (bicyclic) bond motifs is 1. The van der Waals surface area contributed by atoms with Gasteiger partial charge >= 0.3 is 7.60 Å². The van der Waals surface area contributed by atoms with Gasteiger partial charge in [-0.25, -0.2) is 0 Å². The van der Waals surface area contributed by atoms with E-state index < -0.39 is 7.60 Å². The minimum Gasteiger partial charge on any atom is -0.306 e. The molecule has 0 radical (unpaired) electrons. The van der Waals surface area contributed by atoms with E-state index in [1.165, 1.54) is 5.82 Å². The molecular formula is C12H19BrClO3P. The summed E-state index contributed by atoms with van der Waals surface area (Å²) >= 11 is 9.98. The fraction of sp³-hybridized carbons (Fsp3) is 0.833. The van der Waals surface area contributed by atoms with E-state index in [1.54, 1.807) is 0 Å². The first-order chi connectivity index (χ1) is 8.50. The lowest BCUT2D eigenvalue weighted by Crippen LogP contribution is -2.43. The summed E-state index contributed by atoms with van der Waals surface area (Å²) in [6, 6.07) is 0. The second-order valence-corrected chi connectivity index (χ2v) is 8.54. The number of hydrogen-bond donors (Lipinski definition) is 0. The summed E-state index contributed by atoms with van der Waals surface area (Å²) in [6.07, 6.45) is 5.72. The molecule has 2 rings (SSSR count). The Bertz CT molecular complexity index is 388. The van der Waals surface area contributed by atoms with E-state index in [9.17, 15) is 4.57 Å². The van der Waals surface area contributed by atoms with Crippen molar-refractivity contribution in [1.29, 1.82) is 0 Å². The number of alkyl halides is 1. The van der Waals surface area contributed by atoms with E-state index in [-0.39, 0.29) is 10.4 Å². The molecule has 3 atom stereocenters. The molecule has 0 aromatic heterocycles. The summed E-state index contributed by atoms with van der Waals surface area (Å²) in [5.74, 6) is 1.49. The maximum absolute atomic E-state index is 12.5. The van der Waals surface area contributed by atoms with Crippen LogP contribution in [-0.4, -0.2) is 17.0 Å². The van der Waals surface area contributed by atoms with Crippen molar-refractivity contribution >= 4 is 35.1 Å². The van der Waals surface area contributed by atoms with Gasteiger partial charge in [-0.1, -0.05) is 53.7 Å². The highest BCUT2D eigenvalue weighted by Gasteiger charge is 2.49. The molecule has 0 bridgehead atoms. The minimum absolute atomic E-state index is 0.142. The van der Waals surface area contributed by atoms with Gasteiger partial charge < -0.3 is 9.05 Å². The topological polar surface area (TPSA) is 35.5 Å². The van der Waals surface area contributed by atoms with E-state index in [1.807, 2.05) is 0 Å². The Kier molecular flexibility index (Phi) is 4.99. The van der Waals surface area contributed by atoms with Crippen LogP contribution in [0.4, 0.5) is 0 Å². The standard InChI is InChI=1S/C12H19BrClO3P/c1-2-3-8-16-18(15)9-10(14)12(13)7-5-4-6-11(12)17-18/h9,11H,2-8H2,1H3. The number of halogens is 2. The van der Waals surface area contributed by atoms with E-state index in [0.717, 1.165) is 38.5 Å². The monoisotopic (exact) mass is 356 g/mol. The van der Waals surface area contributed by atoms with Gasteiger partial charge in [0.05, 0.1) is 17.0 Å². The molecule has 6 heteroatoms. The maximum atomic E-state index is 12.5. The van der Waals surface area contributed by atoms with Crippen LogP contribution in [-0.2, 0) is 13.6 Å². The SMILES string of the molecule is CCCCOP1(=O)C=C(Cl)C2(Br)CCCCC2O1. The minimum atomic E-state index is -3.16. The number of hydrogen-bond acceptors (Lipinski definition) is 3.